The van der Waals surface area contributed by atoms with Crippen LogP contribution in [0.5, 0.6) is 5.75 Å². The van der Waals surface area contributed by atoms with Crippen LogP contribution in [0.15, 0.2) is 18.5 Å². The number of rotatable bonds is 1. The molecule has 4 nitrogen and oxygen atoms in total. The van der Waals surface area contributed by atoms with Crippen molar-refractivity contribution in [1.29, 1.82) is 0 Å². The summed E-state index contributed by atoms with van der Waals surface area (Å²) in [6.07, 6.45) is 2.98. The predicted octanol–water partition coefficient (Wildman–Crippen LogP) is 0.977. The molecule has 0 fully saturated rings. The highest BCUT2D eigenvalue weighted by molar-refractivity contribution is 5.75. The molecule has 0 saturated heterocycles. The Kier molecular flexibility index (Phi) is 0.918. The molecule has 0 bridgehead atoms. The first kappa shape index (κ1) is 4.45. The molecule has 0 atom stereocenters. The fourth-order valence-corrected chi connectivity index (χ4v) is 1.06. The van der Waals surface area contributed by atoms with E-state index in [4.69, 9.17) is 8.85 Å². The van der Waals surface area contributed by atoms with E-state index < -0.39 is 7.04 Å². The van der Waals surface area contributed by atoms with Gasteiger partial charge in [0.15, 0.2) is 0 Å². The normalized spacial score (nSPS) is 15.2. The van der Waals surface area contributed by atoms with Gasteiger partial charge in [-0.3, -0.25) is 4.68 Å². The molecular weight excluding hydrogens is 154 g/mol. The van der Waals surface area contributed by atoms with Crippen LogP contribution in [0.2, 0.25) is 0 Å². The zero-order chi connectivity index (χ0) is 11.1. The summed E-state index contributed by atoms with van der Waals surface area (Å²) in [4.78, 5) is 4.03. The molecule has 0 aliphatic rings. The van der Waals surface area contributed by atoms with Gasteiger partial charge in [0.1, 0.15) is 11.3 Å². The van der Waals surface area contributed by atoms with Crippen molar-refractivity contribution < 1.29 is 8.85 Å². The van der Waals surface area contributed by atoms with Gasteiger partial charge in [-0.1, -0.05) is 0 Å². The van der Waals surface area contributed by atoms with Crippen molar-refractivity contribution in [1.82, 2.24) is 14.8 Å². The fourth-order valence-electron chi connectivity index (χ4n) is 1.06. The minimum absolute atomic E-state index is 0.214. The minimum Gasteiger partial charge on any atom is -0.495 e. The molecule has 12 heavy (non-hydrogen) atoms. The second-order valence-corrected chi connectivity index (χ2v) is 2.45. The lowest BCUT2D eigenvalue weighted by Crippen LogP contribution is -1.90. The Balaban J connectivity index is 2.42. The highest BCUT2D eigenvalue weighted by Gasteiger charge is 2.01. The Morgan fingerprint density at radius 1 is 1.58 bits per heavy atom. The van der Waals surface area contributed by atoms with Crippen LogP contribution in [0.1, 0.15) is 4.11 Å². The van der Waals surface area contributed by atoms with E-state index in [1.807, 2.05) is 0 Å². The molecule has 2 aromatic rings. The van der Waals surface area contributed by atoms with Crippen molar-refractivity contribution in [3.05, 3.63) is 18.5 Å². The van der Waals surface area contributed by atoms with Crippen molar-refractivity contribution in [2.24, 2.45) is 7.05 Å². The zero-order valence-electron chi connectivity index (χ0n) is 9.48. The van der Waals surface area contributed by atoms with Gasteiger partial charge in [0.05, 0.1) is 29.1 Å². The minimum atomic E-state index is -2.45. The average Bonchev–Trinajstić information content (AvgIpc) is 2.45. The molecule has 0 aromatic carbocycles. The maximum Gasteiger partial charge on any atom is 0.139 e. The summed E-state index contributed by atoms with van der Waals surface area (Å²) in [5.74, 6) is 0.214. The third kappa shape index (κ3) is 0.922. The van der Waals surface area contributed by atoms with Crippen molar-refractivity contribution in [2.75, 3.05) is 7.04 Å². The molecule has 0 radical (unpaired) electrons. The third-order valence-electron chi connectivity index (χ3n) is 1.69. The summed E-state index contributed by atoms with van der Waals surface area (Å²) in [7, 11) is -0.697. The van der Waals surface area contributed by atoms with Crippen LogP contribution in [0.3, 0.4) is 0 Å². The molecule has 2 rings (SSSR count). The fraction of sp³-hybridized carbons (Fsp3) is 0.250. The summed E-state index contributed by atoms with van der Waals surface area (Å²) < 4.78 is 27.2. The van der Waals surface area contributed by atoms with E-state index in [9.17, 15) is 0 Å². The molecule has 0 aliphatic carbocycles. The van der Waals surface area contributed by atoms with Gasteiger partial charge in [0, 0.05) is 13.1 Å². The van der Waals surface area contributed by atoms with E-state index in [1.165, 1.54) is 6.20 Å². The standard InChI is InChI=1S/C8H9N3O/c1-11-8-3-6(12-2)4-9-7(8)5-10-11/h3-5H,1-2H3/i2D3. The molecule has 0 unspecified atom stereocenters. The van der Waals surface area contributed by atoms with E-state index in [2.05, 4.69) is 10.1 Å². The first-order valence-electron chi connectivity index (χ1n) is 4.92. The Morgan fingerprint density at radius 2 is 2.50 bits per heavy atom. The lowest BCUT2D eigenvalue weighted by molar-refractivity contribution is 0.413. The second-order valence-electron chi connectivity index (χ2n) is 2.45. The van der Waals surface area contributed by atoms with Crippen molar-refractivity contribution in [3.63, 3.8) is 0 Å². The summed E-state index contributed by atoms with van der Waals surface area (Å²) in [6, 6.07) is 1.60. The molecule has 4 heteroatoms. The van der Waals surface area contributed by atoms with Crippen molar-refractivity contribution in [3.8, 4) is 5.75 Å². The largest absolute Gasteiger partial charge is 0.495 e. The van der Waals surface area contributed by atoms with Gasteiger partial charge in [-0.05, 0) is 0 Å². The van der Waals surface area contributed by atoms with Gasteiger partial charge >= 0.3 is 0 Å². The van der Waals surface area contributed by atoms with Gasteiger partial charge in [-0.15, -0.1) is 0 Å². The number of fused-ring (bicyclic) bond motifs is 1. The lowest BCUT2D eigenvalue weighted by atomic mass is 10.4. The molecule has 0 N–H and O–H groups in total. The molecule has 2 aromatic heterocycles. The predicted molar refractivity (Wildman–Crippen MR) is 45.1 cm³/mol. The lowest BCUT2D eigenvalue weighted by Gasteiger charge is -1.98. The monoisotopic (exact) mass is 166 g/mol. The topological polar surface area (TPSA) is 39.9 Å². The number of hydrogen-bond donors (Lipinski definition) is 0. The number of ether oxygens (including phenoxy) is 1. The van der Waals surface area contributed by atoms with Gasteiger partial charge in [0.25, 0.3) is 0 Å². The summed E-state index contributed by atoms with van der Waals surface area (Å²) in [6.45, 7) is 0. The van der Waals surface area contributed by atoms with Crippen molar-refractivity contribution >= 4 is 11.0 Å². The Bertz CT molecular complexity index is 491. The number of hydrogen-bond acceptors (Lipinski definition) is 3. The molecule has 0 spiro atoms. The SMILES string of the molecule is [2H]C([2H])([2H])Oc1cnc2cnn(C)c2c1. The van der Waals surface area contributed by atoms with E-state index in [0.717, 1.165) is 5.52 Å². The molecule has 0 saturated carbocycles. The van der Waals surface area contributed by atoms with Crippen molar-refractivity contribution in [2.45, 2.75) is 0 Å². The highest BCUT2D eigenvalue weighted by atomic mass is 16.5. The number of nitrogens with zero attached hydrogens (tertiary/aromatic N) is 3. The smallest absolute Gasteiger partial charge is 0.139 e. The van der Waals surface area contributed by atoms with Crippen LogP contribution < -0.4 is 4.74 Å². The van der Waals surface area contributed by atoms with E-state index >= 15 is 0 Å². The quantitative estimate of drug-likeness (QED) is 0.634. The van der Waals surface area contributed by atoms with E-state index in [1.54, 1.807) is 24.0 Å². The van der Waals surface area contributed by atoms with Crippen LogP contribution in [0, 0.1) is 0 Å². The highest BCUT2D eigenvalue weighted by Crippen LogP contribution is 2.16. The van der Waals surface area contributed by atoms with Gasteiger partial charge in [0.2, 0.25) is 0 Å². The first-order valence-corrected chi connectivity index (χ1v) is 3.42. The maximum absolute atomic E-state index is 6.95. The van der Waals surface area contributed by atoms with E-state index in [0.29, 0.717) is 5.52 Å². The molecule has 0 amide bonds. The summed E-state index contributed by atoms with van der Waals surface area (Å²) in [5.41, 5.74) is 1.44. The number of pyridine rings is 1. The Morgan fingerprint density at radius 3 is 3.33 bits per heavy atom. The average molecular weight is 166 g/mol. The summed E-state index contributed by atoms with van der Waals surface area (Å²) >= 11 is 0. The summed E-state index contributed by atoms with van der Waals surface area (Å²) in [5, 5.41) is 3.99. The van der Waals surface area contributed by atoms with Crippen LogP contribution >= 0.6 is 0 Å². The van der Waals surface area contributed by atoms with Crippen LogP contribution in [0.25, 0.3) is 11.0 Å². The number of methoxy groups -OCH3 is 1. The number of aromatic nitrogens is 3. The third-order valence-corrected chi connectivity index (χ3v) is 1.69. The molecule has 2 heterocycles. The Hall–Kier alpha value is -1.58. The molecule has 0 aliphatic heterocycles. The molecular formula is C8H9N3O. The van der Waals surface area contributed by atoms with Crippen LogP contribution in [0.4, 0.5) is 0 Å². The maximum atomic E-state index is 6.95. The van der Waals surface area contributed by atoms with Gasteiger partial charge < -0.3 is 4.74 Å². The van der Waals surface area contributed by atoms with E-state index in [-0.39, 0.29) is 5.75 Å². The Labute approximate surface area is 74.0 Å². The van der Waals surface area contributed by atoms with Gasteiger partial charge in [-0.2, -0.15) is 5.10 Å². The second kappa shape index (κ2) is 2.48. The molecule has 62 valence electrons. The van der Waals surface area contributed by atoms with Gasteiger partial charge in [-0.25, -0.2) is 4.98 Å². The van der Waals surface area contributed by atoms with Crippen LogP contribution in [-0.4, -0.2) is 21.8 Å². The zero-order valence-corrected chi connectivity index (χ0v) is 6.48. The first-order chi connectivity index (χ1) is 6.96. The van der Waals surface area contributed by atoms with Crippen LogP contribution in [-0.2, 0) is 7.05 Å². The number of aryl methyl sites for hydroxylation is 1.